The number of hydrogen-bond donors (Lipinski definition) is 2. The van der Waals surface area contributed by atoms with Crippen LogP contribution in [0.3, 0.4) is 0 Å². The van der Waals surface area contributed by atoms with Gasteiger partial charge in [0.2, 0.25) is 0 Å². The maximum atomic E-state index is 5.88. The first-order valence-corrected chi connectivity index (χ1v) is 6.52. The highest BCUT2D eigenvalue weighted by Gasteiger charge is 2.28. The fourth-order valence-electron chi connectivity index (χ4n) is 2.53. The molecule has 16 heavy (non-hydrogen) atoms. The predicted molar refractivity (Wildman–Crippen MR) is 65.5 cm³/mol. The van der Waals surface area contributed by atoms with Gasteiger partial charge in [-0.1, -0.05) is 0 Å². The summed E-state index contributed by atoms with van der Waals surface area (Å²) in [5.41, 5.74) is 5.88. The second kappa shape index (κ2) is 5.96. The Bertz CT molecular complexity index is 198. The zero-order valence-electron chi connectivity index (χ0n) is 10.3. The van der Waals surface area contributed by atoms with Gasteiger partial charge < -0.3 is 20.7 Å². The van der Waals surface area contributed by atoms with E-state index in [1.165, 1.54) is 32.5 Å². The number of methoxy groups -OCH3 is 1. The number of hydrogen-bond acceptors (Lipinski definition) is 4. The van der Waals surface area contributed by atoms with E-state index in [0.29, 0.717) is 18.2 Å². The number of nitrogens with zero attached hydrogens (tertiary/aromatic N) is 1. The van der Waals surface area contributed by atoms with Gasteiger partial charge in [0.05, 0.1) is 6.10 Å². The van der Waals surface area contributed by atoms with Gasteiger partial charge in [-0.2, -0.15) is 0 Å². The van der Waals surface area contributed by atoms with Crippen molar-refractivity contribution in [2.45, 2.75) is 43.9 Å². The minimum absolute atomic E-state index is 0.443. The highest BCUT2D eigenvalue weighted by molar-refractivity contribution is 4.86. The summed E-state index contributed by atoms with van der Waals surface area (Å²) in [4.78, 5) is 2.52. The zero-order chi connectivity index (χ0) is 11.4. The monoisotopic (exact) mass is 227 g/mol. The summed E-state index contributed by atoms with van der Waals surface area (Å²) in [6.07, 6.45) is 5.19. The molecule has 1 heterocycles. The van der Waals surface area contributed by atoms with E-state index in [-0.39, 0.29) is 0 Å². The molecule has 0 aromatic carbocycles. The molecule has 1 aliphatic carbocycles. The number of rotatable bonds is 5. The third-order valence-corrected chi connectivity index (χ3v) is 3.92. The minimum Gasteiger partial charge on any atom is -0.381 e. The summed E-state index contributed by atoms with van der Waals surface area (Å²) in [5.74, 6) is 0. The van der Waals surface area contributed by atoms with E-state index in [0.717, 1.165) is 19.4 Å². The smallest absolute Gasteiger partial charge is 0.0601 e. The van der Waals surface area contributed by atoms with Crippen LogP contribution in [0, 0.1) is 0 Å². The summed E-state index contributed by atoms with van der Waals surface area (Å²) >= 11 is 0. The molecule has 0 aromatic rings. The number of piperidine rings is 1. The number of likely N-dealkylation sites (tertiary alicyclic amines) is 1. The standard InChI is InChI=1S/C12H25N3O/c1-16-12-8-11(9-12)14-4-7-15-5-2-10(13)3-6-15/h10-12,14H,2-9,13H2,1H3. The van der Waals surface area contributed by atoms with E-state index in [1.54, 1.807) is 7.11 Å². The van der Waals surface area contributed by atoms with Crippen molar-refractivity contribution in [3.8, 4) is 0 Å². The average molecular weight is 227 g/mol. The van der Waals surface area contributed by atoms with Gasteiger partial charge in [-0.3, -0.25) is 0 Å². The van der Waals surface area contributed by atoms with E-state index < -0.39 is 0 Å². The van der Waals surface area contributed by atoms with E-state index >= 15 is 0 Å². The largest absolute Gasteiger partial charge is 0.381 e. The first kappa shape index (κ1) is 12.3. The molecule has 0 aromatic heterocycles. The van der Waals surface area contributed by atoms with E-state index in [4.69, 9.17) is 10.5 Å². The van der Waals surface area contributed by atoms with E-state index in [2.05, 4.69) is 10.2 Å². The molecule has 0 unspecified atom stereocenters. The van der Waals surface area contributed by atoms with Gasteiger partial charge in [-0.05, 0) is 38.8 Å². The quantitative estimate of drug-likeness (QED) is 0.703. The number of nitrogens with one attached hydrogen (secondary N) is 1. The van der Waals surface area contributed by atoms with Gasteiger partial charge in [0.25, 0.3) is 0 Å². The minimum atomic E-state index is 0.443. The van der Waals surface area contributed by atoms with Crippen molar-refractivity contribution in [1.29, 1.82) is 0 Å². The molecule has 1 saturated heterocycles. The third-order valence-electron chi connectivity index (χ3n) is 3.92. The Morgan fingerprint density at radius 1 is 1.31 bits per heavy atom. The van der Waals surface area contributed by atoms with Crippen LogP contribution in [0.1, 0.15) is 25.7 Å². The number of nitrogens with two attached hydrogens (primary N) is 1. The van der Waals surface area contributed by atoms with Crippen molar-refractivity contribution in [2.75, 3.05) is 33.3 Å². The molecule has 0 atom stereocenters. The second-order valence-corrected chi connectivity index (χ2v) is 5.16. The van der Waals surface area contributed by atoms with Gasteiger partial charge in [-0.15, -0.1) is 0 Å². The van der Waals surface area contributed by atoms with Gasteiger partial charge in [0.15, 0.2) is 0 Å². The molecular weight excluding hydrogens is 202 g/mol. The fourth-order valence-corrected chi connectivity index (χ4v) is 2.53. The van der Waals surface area contributed by atoms with Crippen LogP contribution in [0.15, 0.2) is 0 Å². The van der Waals surface area contributed by atoms with Crippen molar-refractivity contribution < 1.29 is 4.74 Å². The van der Waals surface area contributed by atoms with Crippen LogP contribution in [-0.4, -0.2) is 56.4 Å². The van der Waals surface area contributed by atoms with E-state index in [1.807, 2.05) is 0 Å². The lowest BCUT2D eigenvalue weighted by Crippen LogP contribution is -2.48. The van der Waals surface area contributed by atoms with Crippen molar-refractivity contribution >= 4 is 0 Å². The van der Waals surface area contributed by atoms with Gasteiger partial charge in [0, 0.05) is 32.3 Å². The Hall–Kier alpha value is -0.160. The Morgan fingerprint density at radius 2 is 2.00 bits per heavy atom. The molecule has 0 radical (unpaired) electrons. The van der Waals surface area contributed by atoms with Crippen molar-refractivity contribution in [3.05, 3.63) is 0 Å². The van der Waals surface area contributed by atoms with Crippen LogP contribution in [0.2, 0.25) is 0 Å². The maximum Gasteiger partial charge on any atom is 0.0601 e. The van der Waals surface area contributed by atoms with Crippen LogP contribution in [-0.2, 0) is 4.74 Å². The first-order valence-electron chi connectivity index (χ1n) is 6.52. The van der Waals surface area contributed by atoms with Gasteiger partial charge in [-0.25, -0.2) is 0 Å². The SMILES string of the molecule is COC1CC(NCCN2CCC(N)CC2)C1. The molecule has 94 valence electrons. The van der Waals surface area contributed by atoms with Gasteiger partial charge in [0.1, 0.15) is 0 Å². The summed E-state index contributed by atoms with van der Waals surface area (Å²) < 4.78 is 5.26. The maximum absolute atomic E-state index is 5.88. The highest BCUT2D eigenvalue weighted by Crippen LogP contribution is 2.22. The molecule has 1 saturated carbocycles. The third kappa shape index (κ3) is 3.42. The summed E-state index contributed by atoms with van der Waals surface area (Å²) in [5, 5.41) is 3.59. The van der Waals surface area contributed by atoms with Crippen LogP contribution >= 0.6 is 0 Å². The fraction of sp³-hybridized carbons (Fsp3) is 1.00. The van der Waals surface area contributed by atoms with Crippen LogP contribution in [0.25, 0.3) is 0 Å². The Labute approximate surface area is 98.5 Å². The van der Waals surface area contributed by atoms with Crippen molar-refractivity contribution in [3.63, 3.8) is 0 Å². The lowest BCUT2D eigenvalue weighted by Gasteiger charge is -2.36. The molecule has 4 nitrogen and oxygen atoms in total. The van der Waals surface area contributed by atoms with Crippen molar-refractivity contribution in [2.24, 2.45) is 5.73 Å². The molecule has 2 aliphatic rings. The predicted octanol–water partition coefficient (Wildman–Crippen LogP) is 0.177. The average Bonchev–Trinajstić information content (AvgIpc) is 2.24. The molecular formula is C12H25N3O. The lowest BCUT2D eigenvalue weighted by atomic mass is 9.89. The second-order valence-electron chi connectivity index (χ2n) is 5.16. The summed E-state index contributed by atoms with van der Waals surface area (Å²) in [6, 6.07) is 1.13. The molecule has 1 aliphatic heterocycles. The summed E-state index contributed by atoms with van der Waals surface area (Å²) in [6.45, 7) is 4.62. The van der Waals surface area contributed by atoms with E-state index in [9.17, 15) is 0 Å². The summed E-state index contributed by atoms with van der Waals surface area (Å²) in [7, 11) is 1.80. The van der Waals surface area contributed by atoms with Crippen LogP contribution in [0.5, 0.6) is 0 Å². The molecule has 2 rings (SSSR count). The molecule has 0 spiro atoms. The first-order chi connectivity index (χ1) is 7.78. The van der Waals surface area contributed by atoms with Crippen molar-refractivity contribution in [1.82, 2.24) is 10.2 Å². The highest BCUT2D eigenvalue weighted by atomic mass is 16.5. The Balaban J connectivity index is 1.49. The number of ether oxygens (including phenoxy) is 1. The molecule has 4 heteroatoms. The molecule has 2 fully saturated rings. The topological polar surface area (TPSA) is 50.5 Å². The van der Waals surface area contributed by atoms with Crippen LogP contribution < -0.4 is 11.1 Å². The Kier molecular flexibility index (Phi) is 4.58. The lowest BCUT2D eigenvalue weighted by molar-refractivity contribution is 0.0168. The zero-order valence-corrected chi connectivity index (χ0v) is 10.3. The normalized spacial score (nSPS) is 32.6. The van der Waals surface area contributed by atoms with Crippen LogP contribution in [0.4, 0.5) is 0 Å². The molecule has 3 N–H and O–H groups in total. The molecule has 0 bridgehead atoms. The Morgan fingerprint density at radius 3 is 2.62 bits per heavy atom. The molecule has 0 amide bonds. The van der Waals surface area contributed by atoms with Gasteiger partial charge >= 0.3 is 0 Å².